The molecule has 0 saturated heterocycles. The summed E-state index contributed by atoms with van der Waals surface area (Å²) in [7, 11) is 1.69. The van der Waals surface area contributed by atoms with Crippen molar-refractivity contribution in [2.45, 2.75) is 45.4 Å². The minimum Gasteiger partial charge on any atom is -0.497 e. The lowest BCUT2D eigenvalue weighted by molar-refractivity contribution is 0.414. The van der Waals surface area contributed by atoms with Crippen molar-refractivity contribution in [3.63, 3.8) is 0 Å². The van der Waals surface area contributed by atoms with Gasteiger partial charge in [-0.1, -0.05) is 23.8 Å². The van der Waals surface area contributed by atoms with Crippen LogP contribution in [0, 0.1) is 6.92 Å². The van der Waals surface area contributed by atoms with Crippen molar-refractivity contribution < 1.29 is 4.74 Å². The molecule has 1 heterocycles. The second kappa shape index (κ2) is 9.95. The molecule has 0 aliphatic heterocycles. The fourth-order valence-corrected chi connectivity index (χ4v) is 3.36. The van der Waals surface area contributed by atoms with Crippen molar-refractivity contribution in [3.05, 3.63) is 53.4 Å². The fraction of sp³-hybridized carbons (Fsp3) is 0.455. The van der Waals surface area contributed by atoms with Crippen molar-refractivity contribution in [2.75, 3.05) is 30.8 Å². The Morgan fingerprint density at radius 2 is 1.67 bits per heavy atom. The third-order valence-electron chi connectivity index (χ3n) is 4.85. The van der Waals surface area contributed by atoms with Gasteiger partial charge in [-0.05, 0) is 63.1 Å². The predicted octanol–water partition coefficient (Wildman–Crippen LogP) is 4.75. The van der Waals surface area contributed by atoms with E-state index in [9.17, 15) is 0 Å². The summed E-state index contributed by atoms with van der Waals surface area (Å²) in [5, 5.41) is 6.86. The Morgan fingerprint density at radius 3 is 2.30 bits per heavy atom. The molecule has 0 atom stereocenters. The average molecular weight is 367 g/mol. The zero-order valence-electron chi connectivity index (χ0n) is 16.4. The third kappa shape index (κ3) is 6.27. The van der Waals surface area contributed by atoms with Crippen LogP contribution in [-0.2, 0) is 6.42 Å². The molecule has 0 spiro atoms. The van der Waals surface area contributed by atoms with Gasteiger partial charge in [-0.3, -0.25) is 0 Å². The first-order valence-electron chi connectivity index (χ1n) is 9.87. The number of aromatic nitrogens is 2. The highest BCUT2D eigenvalue weighted by atomic mass is 16.5. The number of nitrogens with zero attached hydrogens (tertiary/aromatic N) is 2. The highest BCUT2D eigenvalue weighted by Gasteiger charge is 2.05. The molecule has 1 aliphatic rings. The maximum Gasteiger partial charge on any atom is 0.131 e. The largest absolute Gasteiger partial charge is 0.497 e. The van der Waals surface area contributed by atoms with Crippen LogP contribution in [0.3, 0.4) is 0 Å². The van der Waals surface area contributed by atoms with Crippen molar-refractivity contribution in [1.29, 1.82) is 0 Å². The number of nitrogens with one attached hydrogen (secondary N) is 2. The Bertz CT molecular complexity index is 755. The van der Waals surface area contributed by atoms with Gasteiger partial charge >= 0.3 is 0 Å². The molecule has 27 heavy (non-hydrogen) atoms. The number of hydrogen-bond acceptors (Lipinski definition) is 5. The summed E-state index contributed by atoms with van der Waals surface area (Å²) in [6, 6.07) is 10.2. The van der Waals surface area contributed by atoms with Gasteiger partial charge in [0, 0.05) is 19.2 Å². The maximum atomic E-state index is 5.20. The minimum atomic E-state index is 0.781. The van der Waals surface area contributed by atoms with Gasteiger partial charge in [-0.15, -0.1) is 0 Å². The highest BCUT2D eigenvalue weighted by Crippen LogP contribution is 2.20. The van der Waals surface area contributed by atoms with Gasteiger partial charge in [-0.2, -0.15) is 0 Å². The van der Waals surface area contributed by atoms with Crippen LogP contribution >= 0.6 is 0 Å². The van der Waals surface area contributed by atoms with Crippen molar-refractivity contribution in [1.82, 2.24) is 9.97 Å². The summed E-state index contributed by atoms with van der Waals surface area (Å²) in [6.07, 6.45) is 9.61. The molecule has 0 amide bonds. The van der Waals surface area contributed by atoms with E-state index in [1.165, 1.54) is 31.2 Å². The van der Waals surface area contributed by atoms with Crippen molar-refractivity contribution in [2.24, 2.45) is 0 Å². The van der Waals surface area contributed by atoms with E-state index in [0.717, 1.165) is 49.1 Å². The molecule has 0 bridgehead atoms. The van der Waals surface area contributed by atoms with E-state index in [1.54, 1.807) is 12.7 Å². The second-order valence-corrected chi connectivity index (χ2v) is 7.00. The van der Waals surface area contributed by atoms with Crippen LogP contribution in [-0.4, -0.2) is 30.2 Å². The van der Waals surface area contributed by atoms with Gasteiger partial charge in [-0.25, -0.2) is 9.97 Å². The topological polar surface area (TPSA) is 59.1 Å². The van der Waals surface area contributed by atoms with Crippen LogP contribution in [0.15, 0.2) is 42.0 Å². The zero-order chi connectivity index (χ0) is 18.9. The van der Waals surface area contributed by atoms with Gasteiger partial charge in [0.25, 0.3) is 0 Å². The van der Waals surface area contributed by atoms with Gasteiger partial charge < -0.3 is 15.4 Å². The summed E-state index contributed by atoms with van der Waals surface area (Å²) >= 11 is 0. The quantitative estimate of drug-likeness (QED) is 0.627. The fourth-order valence-electron chi connectivity index (χ4n) is 3.36. The summed E-state index contributed by atoms with van der Waals surface area (Å²) in [4.78, 5) is 9.00. The van der Waals surface area contributed by atoms with Crippen LogP contribution in [0.5, 0.6) is 5.75 Å². The molecule has 3 rings (SSSR count). The van der Waals surface area contributed by atoms with Crippen LogP contribution in [0.2, 0.25) is 0 Å². The minimum absolute atomic E-state index is 0.781. The smallest absolute Gasteiger partial charge is 0.131 e. The highest BCUT2D eigenvalue weighted by molar-refractivity contribution is 5.47. The lowest BCUT2D eigenvalue weighted by Gasteiger charge is -2.14. The van der Waals surface area contributed by atoms with Crippen LogP contribution in [0.1, 0.15) is 43.5 Å². The van der Waals surface area contributed by atoms with Crippen LogP contribution < -0.4 is 15.4 Å². The molecular weight excluding hydrogens is 336 g/mol. The average Bonchev–Trinajstić information content (AvgIpc) is 2.69. The number of anilines is 2. The molecule has 0 radical (unpaired) electrons. The molecule has 144 valence electrons. The van der Waals surface area contributed by atoms with E-state index in [-0.39, 0.29) is 0 Å². The summed E-state index contributed by atoms with van der Waals surface area (Å²) in [6.45, 7) is 3.69. The molecule has 2 aromatic rings. The molecule has 0 fully saturated rings. The normalized spacial score (nSPS) is 13.8. The Kier molecular flexibility index (Phi) is 7.08. The summed E-state index contributed by atoms with van der Waals surface area (Å²) in [5.74, 6) is 3.43. The molecule has 1 aromatic heterocycles. The van der Waals surface area contributed by atoms with E-state index in [1.807, 2.05) is 25.1 Å². The Balaban J connectivity index is 1.47. The number of hydrogen-bond donors (Lipinski definition) is 2. The van der Waals surface area contributed by atoms with Gasteiger partial charge in [0.2, 0.25) is 0 Å². The van der Waals surface area contributed by atoms with E-state index in [4.69, 9.17) is 4.74 Å². The Morgan fingerprint density at radius 1 is 0.963 bits per heavy atom. The third-order valence-corrected chi connectivity index (χ3v) is 4.85. The number of allylic oxidation sites excluding steroid dienone is 1. The second-order valence-electron chi connectivity index (χ2n) is 7.00. The Hall–Kier alpha value is -2.56. The van der Waals surface area contributed by atoms with Gasteiger partial charge in [0.05, 0.1) is 7.11 Å². The SMILES string of the molecule is COc1ccc(CCNc2cc(NCCC3=CCCCC3)nc(C)n2)cc1. The summed E-state index contributed by atoms with van der Waals surface area (Å²) < 4.78 is 5.20. The molecule has 0 saturated carbocycles. The number of benzene rings is 1. The number of ether oxygens (including phenoxy) is 1. The Labute approximate surface area is 162 Å². The summed E-state index contributed by atoms with van der Waals surface area (Å²) in [5.41, 5.74) is 2.85. The molecule has 2 N–H and O–H groups in total. The number of methoxy groups -OCH3 is 1. The van der Waals surface area contributed by atoms with E-state index >= 15 is 0 Å². The molecule has 5 heteroatoms. The molecule has 1 aliphatic carbocycles. The first-order valence-corrected chi connectivity index (χ1v) is 9.87. The monoisotopic (exact) mass is 366 g/mol. The predicted molar refractivity (Wildman–Crippen MR) is 112 cm³/mol. The van der Waals surface area contributed by atoms with Crippen molar-refractivity contribution >= 4 is 11.6 Å². The zero-order valence-corrected chi connectivity index (χ0v) is 16.4. The van der Waals surface area contributed by atoms with Crippen LogP contribution in [0.25, 0.3) is 0 Å². The van der Waals surface area contributed by atoms with E-state index in [0.29, 0.717) is 0 Å². The lowest BCUT2D eigenvalue weighted by Crippen LogP contribution is -2.10. The first kappa shape index (κ1) is 19.2. The standard InChI is InChI=1S/C22H30N4O/c1-17-25-21(23-14-12-18-6-4-3-5-7-18)16-22(26-17)24-15-13-19-8-10-20(27-2)11-9-19/h6,8-11,16H,3-5,7,12-15H2,1-2H3,(H2,23,24,25,26). The molecule has 1 aromatic carbocycles. The van der Waals surface area contributed by atoms with Gasteiger partial charge in [0.15, 0.2) is 0 Å². The first-order chi connectivity index (χ1) is 13.2. The number of aryl methyl sites for hydroxylation is 1. The number of rotatable bonds is 9. The maximum absolute atomic E-state index is 5.20. The van der Waals surface area contributed by atoms with E-state index < -0.39 is 0 Å². The van der Waals surface area contributed by atoms with Gasteiger partial charge in [0.1, 0.15) is 23.2 Å². The van der Waals surface area contributed by atoms with Crippen LogP contribution in [0.4, 0.5) is 11.6 Å². The molecule has 5 nitrogen and oxygen atoms in total. The molecular formula is C22H30N4O. The van der Waals surface area contributed by atoms with E-state index in [2.05, 4.69) is 38.8 Å². The molecule has 0 unspecified atom stereocenters. The van der Waals surface area contributed by atoms with Crippen molar-refractivity contribution in [3.8, 4) is 5.75 Å². The lowest BCUT2D eigenvalue weighted by atomic mass is 9.97.